The molecule has 1 aromatic carbocycles. The monoisotopic (exact) mass is 243 g/mol. The van der Waals surface area contributed by atoms with E-state index in [4.69, 9.17) is 17.3 Å². The van der Waals surface area contributed by atoms with Gasteiger partial charge >= 0.3 is 0 Å². The number of thioether (sulfide) groups is 1. The normalized spacial score (nSPS) is 13.9. The molecule has 0 aliphatic rings. The van der Waals surface area contributed by atoms with Gasteiger partial charge in [0.2, 0.25) is 0 Å². The van der Waals surface area contributed by atoms with E-state index >= 15 is 0 Å². The summed E-state index contributed by atoms with van der Waals surface area (Å²) < 4.78 is 0.268. The lowest BCUT2D eigenvalue weighted by molar-refractivity contribution is 0.779. The minimum Gasteiger partial charge on any atom is -0.323 e. The summed E-state index contributed by atoms with van der Waals surface area (Å²) in [7, 11) is 0. The van der Waals surface area contributed by atoms with Gasteiger partial charge in [0.05, 0.1) is 0 Å². The second kappa shape index (κ2) is 5.24. The highest BCUT2D eigenvalue weighted by atomic mass is 35.5. The second-order valence-electron chi connectivity index (χ2n) is 4.58. The standard InChI is InChI=1S/C12H18ClNS/c1-12(2,3)15-8-11(14)9-4-6-10(13)7-5-9/h4-7,11H,8,14H2,1-3H3. The lowest BCUT2D eigenvalue weighted by Crippen LogP contribution is -2.17. The Labute approximate surface area is 101 Å². The third kappa shape index (κ3) is 4.92. The minimum atomic E-state index is 0.0893. The van der Waals surface area contributed by atoms with Crippen molar-refractivity contribution in [3.63, 3.8) is 0 Å². The van der Waals surface area contributed by atoms with Crippen LogP contribution in [-0.4, -0.2) is 10.5 Å². The first kappa shape index (κ1) is 12.9. The molecule has 84 valence electrons. The van der Waals surface area contributed by atoms with E-state index in [-0.39, 0.29) is 10.8 Å². The summed E-state index contributed by atoms with van der Waals surface area (Å²) >= 11 is 7.70. The van der Waals surface area contributed by atoms with E-state index in [1.54, 1.807) is 0 Å². The van der Waals surface area contributed by atoms with Gasteiger partial charge in [-0.2, -0.15) is 11.8 Å². The highest BCUT2D eigenvalue weighted by Crippen LogP contribution is 2.27. The van der Waals surface area contributed by atoms with Crippen molar-refractivity contribution in [1.29, 1.82) is 0 Å². The van der Waals surface area contributed by atoms with Crippen molar-refractivity contribution in [3.05, 3.63) is 34.9 Å². The summed E-state index contributed by atoms with van der Waals surface area (Å²) in [6.45, 7) is 6.60. The molecule has 1 unspecified atom stereocenters. The summed E-state index contributed by atoms with van der Waals surface area (Å²) in [5.41, 5.74) is 7.24. The third-order valence-corrected chi connectivity index (χ3v) is 3.64. The van der Waals surface area contributed by atoms with E-state index in [1.165, 1.54) is 0 Å². The van der Waals surface area contributed by atoms with E-state index < -0.39 is 0 Å². The first-order valence-electron chi connectivity index (χ1n) is 5.03. The molecule has 0 saturated carbocycles. The number of rotatable bonds is 3. The molecule has 0 saturated heterocycles. The molecule has 3 heteroatoms. The predicted octanol–water partition coefficient (Wildman–Crippen LogP) is 3.87. The molecule has 0 fully saturated rings. The van der Waals surface area contributed by atoms with Crippen molar-refractivity contribution >= 4 is 23.4 Å². The molecule has 0 aromatic heterocycles. The number of hydrogen-bond acceptors (Lipinski definition) is 2. The van der Waals surface area contributed by atoms with Gasteiger partial charge in [0.15, 0.2) is 0 Å². The number of benzene rings is 1. The highest BCUT2D eigenvalue weighted by molar-refractivity contribution is 8.00. The first-order valence-corrected chi connectivity index (χ1v) is 6.40. The van der Waals surface area contributed by atoms with Crippen LogP contribution in [0.5, 0.6) is 0 Å². The zero-order valence-corrected chi connectivity index (χ0v) is 11.0. The van der Waals surface area contributed by atoms with Crippen LogP contribution in [0.4, 0.5) is 0 Å². The van der Waals surface area contributed by atoms with E-state index in [9.17, 15) is 0 Å². The molecule has 0 radical (unpaired) electrons. The molecule has 15 heavy (non-hydrogen) atoms. The Balaban J connectivity index is 2.54. The summed E-state index contributed by atoms with van der Waals surface area (Å²) in [4.78, 5) is 0. The fraction of sp³-hybridized carbons (Fsp3) is 0.500. The lowest BCUT2D eigenvalue weighted by Gasteiger charge is -2.20. The molecular weight excluding hydrogens is 226 g/mol. The molecule has 1 rings (SSSR count). The molecule has 1 atom stereocenters. The molecule has 0 aliphatic carbocycles. The van der Waals surface area contributed by atoms with Gasteiger partial charge in [-0.15, -0.1) is 0 Å². The van der Waals surface area contributed by atoms with E-state index in [0.717, 1.165) is 16.3 Å². The van der Waals surface area contributed by atoms with Gasteiger partial charge in [-0.3, -0.25) is 0 Å². The minimum absolute atomic E-state index is 0.0893. The van der Waals surface area contributed by atoms with Crippen LogP contribution in [0.15, 0.2) is 24.3 Å². The van der Waals surface area contributed by atoms with Crippen molar-refractivity contribution in [2.45, 2.75) is 31.6 Å². The summed E-state index contributed by atoms with van der Waals surface area (Å²) in [5, 5.41) is 0.759. The van der Waals surface area contributed by atoms with Gasteiger partial charge in [0.25, 0.3) is 0 Å². The van der Waals surface area contributed by atoms with Crippen LogP contribution in [-0.2, 0) is 0 Å². The quantitative estimate of drug-likeness (QED) is 0.872. The molecule has 1 aromatic rings. The maximum atomic E-state index is 6.09. The molecule has 0 spiro atoms. The molecule has 0 bridgehead atoms. The molecule has 0 heterocycles. The topological polar surface area (TPSA) is 26.0 Å². The van der Waals surface area contributed by atoms with Gasteiger partial charge in [0, 0.05) is 21.6 Å². The van der Waals surface area contributed by atoms with Crippen LogP contribution in [0.2, 0.25) is 5.02 Å². The van der Waals surface area contributed by atoms with Crippen LogP contribution in [0.1, 0.15) is 32.4 Å². The van der Waals surface area contributed by atoms with Crippen molar-refractivity contribution in [2.75, 3.05) is 5.75 Å². The fourth-order valence-corrected chi connectivity index (χ4v) is 2.14. The summed E-state index contributed by atoms with van der Waals surface area (Å²) in [6, 6.07) is 7.86. The van der Waals surface area contributed by atoms with Crippen LogP contribution in [0, 0.1) is 0 Å². The van der Waals surface area contributed by atoms with Crippen molar-refractivity contribution < 1.29 is 0 Å². The van der Waals surface area contributed by atoms with Crippen molar-refractivity contribution in [2.24, 2.45) is 5.73 Å². The van der Waals surface area contributed by atoms with Crippen LogP contribution in [0.25, 0.3) is 0 Å². The molecular formula is C12H18ClNS. The fourth-order valence-electron chi connectivity index (χ4n) is 1.15. The molecule has 1 nitrogen and oxygen atoms in total. The third-order valence-electron chi connectivity index (χ3n) is 1.99. The lowest BCUT2D eigenvalue weighted by atomic mass is 10.1. The zero-order chi connectivity index (χ0) is 11.5. The highest BCUT2D eigenvalue weighted by Gasteiger charge is 2.14. The SMILES string of the molecule is CC(C)(C)SCC(N)c1ccc(Cl)cc1. The first-order chi connectivity index (χ1) is 6.88. The second-order valence-corrected chi connectivity index (χ2v) is 6.86. The smallest absolute Gasteiger partial charge is 0.0406 e. The Morgan fingerprint density at radius 2 is 1.80 bits per heavy atom. The molecule has 0 amide bonds. The van der Waals surface area contributed by atoms with Gasteiger partial charge in [0.1, 0.15) is 0 Å². The van der Waals surface area contributed by atoms with Crippen molar-refractivity contribution in [1.82, 2.24) is 0 Å². The average Bonchev–Trinajstić information content (AvgIpc) is 2.14. The number of nitrogens with two attached hydrogens (primary N) is 1. The Bertz CT molecular complexity index is 302. The van der Waals surface area contributed by atoms with Gasteiger partial charge in [-0.05, 0) is 17.7 Å². The van der Waals surface area contributed by atoms with E-state index in [0.29, 0.717) is 0 Å². The Hall–Kier alpha value is -0.180. The van der Waals surface area contributed by atoms with Gasteiger partial charge in [-0.25, -0.2) is 0 Å². The largest absolute Gasteiger partial charge is 0.323 e. The van der Waals surface area contributed by atoms with E-state index in [1.807, 2.05) is 36.0 Å². The zero-order valence-electron chi connectivity index (χ0n) is 9.46. The maximum absolute atomic E-state index is 6.09. The van der Waals surface area contributed by atoms with Gasteiger partial charge < -0.3 is 5.73 Å². The summed E-state index contributed by atoms with van der Waals surface area (Å²) in [6.07, 6.45) is 0. The average molecular weight is 244 g/mol. The summed E-state index contributed by atoms with van der Waals surface area (Å²) in [5.74, 6) is 0.936. The number of halogens is 1. The van der Waals surface area contributed by atoms with Gasteiger partial charge in [-0.1, -0.05) is 44.5 Å². The Kier molecular flexibility index (Phi) is 4.50. The molecule has 0 aliphatic heterocycles. The predicted molar refractivity (Wildman–Crippen MR) is 70.6 cm³/mol. The van der Waals surface area contributed by atoms with Crippen molar-refractivity contribution in [3.8, 4) is 0 Å². The van der Waals surface area contributed by atoms with Crippen LogP contribution in [0.3, 0.4) is 0 Å². The Morgan fingerprint density at radius 1 is 1.27 bits per heavy atom. The van der Waals surface area contributed by atoms with E-state index in [2.05, 4.69) is 20.8 Å². The maximum Gasteiger partial charge on any atom is 0.0406 e. The molecule has 2 N–H and O–H groups in total. The van der Waals surface area contributed by atoms with Crippen LogP contribution < -0.4 is 5.73 Å². The Morgan fingerprint density at radius 3 is 2.27 bits per heavy atom. The number of hydrogen-bond donors (Lipinski definition) is 1. The van der Waals surface area contributed by atoms with Crippen LogP contribution >= 0.6 is 23.4 Å².